The van der Waals surface area contributed by atoms with Crippen molar-refractivity contribution in [3.63, 3.8) is 0 Å². The van der Waals surface area contributed by atoms with Gasteiger partial charge in [-0.3, -0.25) is 19.1 Å². The van der Waals surface area contributed by atoms with E-state index >= 15 is 0 Å². The van der Waals surface area contributed by atoms with E-state index in [1.54, 1.807) is 34.8 Å². The average molecular weight is 536 g/mol. The Kier molecular flexibility index (Phi) is 6.45. The Morgan fingerprint density at radius 3 is 2.77 bits per heavy atom. The molecule has 1 atom stereocenters. The van der Waals surface area contributed by atoms with Crippen LogP contribution in [0.25, 0.3) is 28.2 Å². The number of anilines is 1. The van der Waals surface area contributed by atoms with Crippen LogP contribution in [0.1, 0.15) is 34.6 Å². The summed E-state index contributed by atoms with van der Waals surface area (Å²) in [6, 6.07) is 18.3. The number of nitrogens with two attached hydrogens (primary N) is 1. The smallest absolute Gasteiger partial charge is 0.263 e. The van der Waals surface area contributed by atoms with Crippen LogP contribution in [0.2, 0.25) is 0 Å². The first kappa shape index (κ1) is 24.6. The second-order valence-corrected chi connectivity index (χ2v) is 10.2. The molecule has 4 heterocycles. The fraction of sp³-hybridized carbons (Fsp3) is 0.138. The number of para-hydroxylation sites is 1. The topological polar surface area (TPSA) is 120 Å². The van der Waals surface area contributed by atoms with Gasteiger partial charge in [0.15, 0.2) is 11.5 Å². The lowest BCUT2D eigenvalue weighted by atomic mass is 10.0. The number of thioether (sulfide) groups is 1. The molecule has 3 aromatic heterocycles. The minimum atomic E-state index is -0.545. The van der Waals surface area contributed by atoms with Crippen molar-refractivity contribution in [2.24, 2.45) is 4.99 Å². The van der Waals surface area contributed by atoms with E-state index in [1.807, 2.05) is 73.7 Å². The highest BCUT2D eigenvalue weighted by Gasteiger charge is 2.24. The van der Waals surface area contributed by atoms with E-state index in [1.165, 1.54) is 4.52 Å². The molecule has 1 aliphatic rings. The second kappa shape index (κ2) is 10.2. The third kappa shape index (κ3) is 4.59. The average Bonchev–Trinajstić information content (AvgIpc) is 3.59. The van der Waals surface area contributed by atoms with E-state index < -0.39 is 11.9 Å². The molecule has 1 amide bonds. The fourth-order valence-electron chi connectivity index (χ4n) is 4.79. The summed E-state index contributed by atoms with van der Waals surface area (Å²) in [5, 5.41) is 9.54. The molecule has 0 saturated heterocycles. The minimum absolute atomic E-state index is 0.0822. The zero-order valence-corrected chi connectivity index (χ0v) is 21.9. The number of pyridine rings is 1. The van der Waals surface area contributed by atoms with Crippen LogP contribution in [0.5, 0.6) is 0 Å². The largest absolute Gasteiger partial charge is 0.381 e. The number of nitrogens with one attached hydrogen (secondary N) is 1. The normalized spacial score (nSPS) is 14.2. The molecule has 194 valence electrons. The summed E-state index contributed by atoms with van der Waals surface area (Å²) in [6.45, 7) is 2.65. The Balaban J connectivity index is 1.46. The van der Waals surface area contributed by atoms with Crippen molar-refractivity contribution >= 4 is 51.0 Å². The van der Waals surface area contributed by atoms with Gasteiger partial charge in [0, 0.05) is 36.1 Å². The molecule has 39 heavy (non-hydrogen) atoms. The second-order valence-electron chi connectivity index (χ2n) is 9.10. The number of benzene rings is 2. The summed E-state index contributed by atoms with van der Waals surface area (Å²) in [5.41, 5.74) is 8.60. The van der Waals surface area contributed by atoms with Crippen molar-refractivity contribution in [3.8, 4) is 5.69 Å². The van der Waals surface area contributed by atoms with Crippen LogP contribution in [0.4, 0.5) is 5.82 Å². The minimum Gasteiger partial charge on any atom is -0.381 e. The van der Waals surface area contributed by atoms with Crippen molar-refractivity contribution in [2.75, 3.05) is 18.0 Å². The molecule has 9 nitrogen and oxygen atoms in total. The molecule has 6 rings (SSSR count). The van der Waals surface area contributed by atoms with Gasteiger partial charge < -0.3 is 11.1 Å². The van der Waals surface area contributed by atoms with E-state index in [2.05, 4.69) is 20.4 Å². The van der Waals surface area contributed by atoms with E-state index in [4.69, 9.17) is 5.73 Å². The highest BCUT2D eigenvalue weighted by molar-refractivity contribution is 8.14. The van der Waals surface area contributed by atoms with Gasteiger partial charge in [0.2, 0.25) is 0 Å². The van der Waals surface area contributed by atoms with Crippen molar-refractivity contribution in [1.29, 1.82) is 0 Å². The first-order chi connectivity index (χ1) is 19.0. The maximum Gasteiger partial charge on any atom is 0.263 e. The molecule has 0 bridgehead atoms. The Morgan fingerprint density at radius 2 is 1.97 bits per heavy atom. The maximum atomic E-state index is 14.2. The van der Waals surface area contributed by atoms with Gasteiger partial charge in [-0.05, 0) is 48.2 Å². The van der Waals surface area contributed by atoms with Gasteiger partial charge in [0.1, 0.15) is 5.56 Å². The molecule has 2 aromatic carbocycles. The van der Waals surface area contributed by atoms with Crippen LogP contribution in [-0.4, -0.2) is 42.4 Å². The summed E-state index contributed by atoms with van der Waals surface area (Å²) in [6.07, 6.45) is 7.17. The lowest BCUT2D eigenvalue weighted by molar-refractivity contribution is 0.0941. The van der Waals surface area contributed by atoms with Gasteiger partial charge >= 0.3 is 0 Å². The van der Waals surface area contributed by atoms with Crippen LogP contribution in [-0.2, 0) is 0 Å². The third-order valence-electron chi connectivity index (χ3n) is 6.58. The summed E-state index contributed by atoms with van der Waals surface area (Å²) < 4.78 is 3.12. The van der Waals surface area contributed by atoms with Gasteiger partial charge in [0.05, 0.1) is 16.5 Å². The van der Waals surface area contributed by atoms with Gasteiger partial charge in [-0.1, -0.05) is 42.5 Å². The number of nitrogens with zero attached hydrogens (tertiary/aromatic N) is 5. The molecular formula is C29H25N7O2S. The molecule has 0 radical (unpaired) electrons. The van der Waals surface area contributed by atoms with Crippen LogP contribution in [0.3, 0.4) is 0 Å². The van der Waals surface area contributed by atoms with Crippen molar-refractivity contribution in [3.05, 3.63) is 106 Å². The molecular weight excluding hydrogens is 510 g/mol. The number of aliphatic imine (C=N–C) groups is 1. The molecule has 1 aliphatic heterocycles. The molecule has 0 saturated carbocycles. The number of carbonyl (C=O) groups is 1. The van der Waals surface area contributed by atoms with Gasteiger partial charge in [-0.25, -0.2) is 9.50 Å². The van der Waals surface area contributed by atoms with E-state index in [0.717, 1.165) is 28.3 Å². The van der Waals surface area contributed by atoms with Crippen LogP contribution in [0.15, 0.2) is 88.9 Å². The molecule has 1 unspecified atom stereocenters. The molecule has 0 aliphatic carbocycles. The Labute approximate surface area is 228 Å². The monoisotopic (exact) mass is 535 g/mol. The number of amides is 1. The fourth-order valence-corrected chi connectivity index (χ4v) is 5.53. The van der Waals surface area contributed by atoms with Crippen molar-refractivity contribution in [2.45, 2.75) is 13.0 Å². The van der Waals surface area contributed by atoms with E-state index in [0.29, 0.717) is 22.4 Å². The third-order valence-corrected chi connectivity index (χ3v) is 7.52. The predicted octanol–water partition coefficient (Wildman–Crippen LogP) is 4.27. The summed E-state index contributed by atoms with van der Waals surface area (Å²) in [5.74, 6) is 0.631. The number of hydrogen-bond donors (Lipinski definition) is 2. The highest BCUT2D eigenvalue weighted by atomic mass is 32.2. The molecule has 0 spiro atoms. The Hall–Kier alpha value is -4.70. The number of hydrogen-bond acceptors (Lipinski definition) is 7. The standard InChI is InChI=1S/C29H25N7O2S/c1-18(33-28(37)25-26(30)34-35-15-6-13-32-27(25)35)22-17-20-8-5-7-19(11-12-23-31-14-16-39-23)24(20)29(38)36(22)21-9-3-2-4-10-21/h2-13,15,17-18H,14,16H2,1H3,(H2,30,34)(H,33,37). The predicted molar refractivity (Wildman–Crippen MR) is 157 cm³/mol. The summed E-state index contributed by atoms with van der Waals surface area (Å²) in [7, 11) is 0. The molecule has 10 heteroatoms. The molecule has 5 aromatic rings. The lowest BCUT2D eigenvalue weighted by Gasteiger charge is -2.21. The van der Waals surface area contributed by atoms with E-state index in [9.17, 15) is 9.59 Å². The zero-order valence-electron chi connectivity index (χ0n) is 21.1. The quantitative estimate of drug-likeness (QED) is 0.335. The number of nitrogen functional groups attached to an aromatic ring is 1. The lowest BCUT2D eigenvalue weighted by Crippen LogP contribution is -2.32. The zero-order chi connectivity index (χ0) is 26.9. The highest BCUT2D eigenvalue weighted by Crippen LogP contribution is 2.25. The Bertz CT molecular complexity index is 1840. The van der Waals surface area contributed by atoms with Crippen LogP contribution >= 0.6 is 11.8 Å². The van der Waals surface area contributed by atoms with Gasteiger partial charge in [-0.2, -0.15) is 0 Å². The first-order valence-corrected chi connectivity index (χ1v) is 13.5. The molecule has 0 fully saturated rings. The first-order valence-electron chi connectivity index (χ1n) is 12.5. The summed E-state index contributed by atoms with van der Waals surface area (Å²) in [4.78, 5) is 36.3. The Morgan fingerprint density at radius 1 is 1.13 bits per heavy atom. The SMILES string of the molecule is CC(NC(=O)c1c(N)nn2cccnc12)c1cc2cccc(C=CC3=NCCS3)c2c(=O)n1-c1ccccc1. The number of carbonyl (C=O) groups excluding carboxylic acids is 1. The van der Waals surface area contributed by atoms with Crippen LogP contribution < -0.4 is 16.6 Å². The molecule has 3 N–H and O–H groups in total. The van der Waals surface area contributed by atoms with Gasteiger partial charge in [0.25, 0.3) is 11.5 Å². The summed E-state index contributed by atoms with van der Waals surface area (Å²) >= 11 is 1.70. The number of rotatable bonds is 6. The van der Waals surface area contributed by atoms with Crippen molar-refractivity contribution in [1.82, 2.24) is 24.5 Å². The van der Waals surface area contributed by atoms with E-state index in [-0.39, 0.29) is 16.9 Å². The number of aromatic nitrogens is 4. The van der Waals surface area contributed by atoms with Crippen molar-refractivity contribution < 1.29 is 4.79 Å². The van der Waals surface area contributed by atoms with Gasteiger partial charge in [-0.15, -0.1) is 16.9 Å². The maximum absolute atomic E-state index is 14.2. The van der Waals surface area contributed by atoms with Crippen LogP contribution in [0, 0.1) is 0 Å². The number of fused-ring (bicyclic) bond motifs is 2.